The number of aryl methyl sites for hydroxylation is 1. The maximum atomic E-state index is 11.8. The SMILES string of the molecule is COc1ccc(CCC(=O)NC2(CO)CC2)cc1Cl. The normalized spacial score (nSPS) is 15.9. The third-order valence-corrected chi connectivity index (χ3v) is 3.71. The molecule has 1 fully saturated rings. The molecule has 2 N–H and O–H groups in total. The topological polar surface area (TPSA) is 58.6 Å². The number of hydrogen-bond acceptors (Lipinski definition) is 3. The number of methoxy groups -OCH3 is 1. The molecule has 0 aliphatic heterocycles. The highest BCUT2D eigenvalue weighted by molar-refractivity contribution is 6.32. The highest BCUT2D eigenvalue weighted by Gasteiger charge is 2.43. The van der Waals surface area contributed by atoms with Crippen LogP contribution in [-0.4, -0.2) is 30.3 Å². The van der Waals surface area contributed by atoms with Crippen molar-refractivity contribution in [2.24, 2.45) is 0 Å². The highest BCUT2D eigenvalue weighted by atomic mass is 35.5. The van der Waals surface area contributed by atoms with Crippen molar-refractivity contribution < 1.29 is 14.6 Å². The minimum absolute atomic E-state index is 0.0209. The number of rotatable bonds is 6. The van der Waals surface area contributed by atoms with Gasteiger partial charge in [0.15, 0.2) is 0 Å². The predicted octanol–water partition coefficient (Wildman–Crippen LogP) is 1.92. The average molecular weight is 284 g/mol. The minimum atomic E-state index is -0.339. The molecule has 1 saturated carbocycles. The second-order valence-corrected chi connectivity index (χ2v) is 5.36. The van der Waals surface area contributed by atoms with Gasteiger partial charge in [0.05, 0.1) is 24.3 Å². The zero-order valence-corrected chi connectivity index (χ0v) is 11.7. The number of carbonyl (C=O) groups is 1. The lowest BCUT2D eigenvalue weighted by Gasteiger charge is -2.14. The average Bonchev–Trinajstić information content (AvgIpc) is 3.17. The van der Waals surface area contributed by atoms with Crippen LogP contribution >= 0.6 is 11.6 Å². The predicted molar refractivity (Wildman–Crippen MR) is 73.5 cm³/mol. The molecule has 5 heteroatoms. The zero-order valence-electron chi connectivity index (χ0n) is 10.9. The van der Waals surface area contributed by atoms with Crippen molar-refractivity contribution in [3.05, 3.63) is 28.8 Å². The second-order valence-electron chi connectivity index (χ2n) is 4.96. The molecule has 2 rings (SSSR count). The Balaban J connectivity index is 1.85. The third kappa shape index (κ3) is 3.61. The standard InChI is InChI=1S/C14H18ClNO3/c1-19-12-4-2-10(8-11(12)15)3-5-13(18)16-14(9-17)6-7-14/h2,4,8,17H,3,5-7,9H2,1H3,(H,16,18). The van der Waals surface area contributed by atoms with Crippen LogP contribution in [0.2, 0.25) is 5.02 Å². The van der Waals surface area contributed by atoms with Crippen molar-refractivity contribution >= 4 is 17.5 Å². The first-order valence-electron chi connectivity index (χ1n) is 6.33. The quantitative estimate of drug-likeness (QED) is 0.839. The van der Waals surface area contributed by atoms with Crippen molar-refractivity contribution in [2.45, 2.75) is 31.2 Å². The molecule has 19 heavy (non-hydrogen) atoms. The summed E-state index contributed by atoms with van der Waals surface area (Å²) in [6.07, 6.45) is 2.74. The monoisotopic (exact) mass is 283 g/mol. The summed E-state index contributed by atoms with van der Waals surface area (Å²) in [5, 5.41) is 12.6. The summed E-state index contributed by atoms with van der Waals surface area (Å²) in [7, 11) is 1.57. The third-order valence-electron chi connectivity index (χ3n) is 3.42. The maximum Gasteiger partial charge on any atom is 0.220 e. The van der Waals surface area contributed by atoms with Crippen LogP contribution in [0.25, 0.3) is 0 Å². The van der Waals surface area contributed by atoms with Crippen LogP contribution in [0.3, 0.4) is 0 Å². The van der Waals surface area contributed by atoms with Crippen molar-refractivity contribution in [3.63, 3.8) is 0 Å². The zero-order chi connectivity index (χ0) is 13.9. The molecular weight excluding hydrogens is 266 g/mol. The van der Waals surface area contributed by atoms with Crippen molar-refractivity contribution in [1.29, 1.82) is 0 Å². The Hall–Kier alpha value is -1.26. The van der Waals surface area contributed by atoms with E-state index < -0.39 is 0 Å². The molecule has 1 aromatic carbocycles. The van der Waals surface area contributed by atoms with Gasteiger partial charge >= 0.3 is 0 Å². The van der Waals surface area contributed by atoms with Crippen LogP contribution in [0, 0.1) is 0 Å². The minimum Gasteiger partial charge on any atom is -0.495 e. The Labute approximate surface area is 117 Å². The van der Waals surface area contributed by atoms with Crippen LogP contribution in [0.1, 0.15) is 24.8 Å². The lowest BCUT2D eigenvalue weighted by atomic mass is 10.1. The molecule has 0 aromatic heterocycles. The number of aliphatic hydroxyl groups is 1. The lowest BCUT2D eigenvalue weighted by molar-refractivity contribution is -0.122. The first kappa shape index (κ1) is 14.2. The molecule has 1 aliphatic carbocycles. The number of halogens is 1. The van der Waals surface area contributed by atoms with Crippen LogP contribution in [0.4, 0.5) is 0 Å². The van der Waals surface area contributed by atoms with Crippen molar-refractivity contribution in [3.8, 4) is 5.75 Å². The fourth-order valence-electron chi connectivity index (χ4n) is 1.96. The Morgan fingerprint density at radius 2 is 2.26 bits per heavy atom. The van der Waals surface area contributed by atoms with Gasteiger partial charge in [-0.05, 0) is 37.0 Å². The summed E-state index contributed by atoms with van der Waals surface area (Å²) < 4.78 is 5.08. The van der Waals surface area contributed by atoms with E-state index in [0.29, 0.717) is 23.6 Å². The largest absolute Gasteiger partial charge is 0.495 e. The Kier molecular flexibility index (Phi) is 4.32. The number of amides is 1. The van der Waals surface area contributed by atoms with Gasteiger partial charge in [0.1, 0.15) is 5.75 Å². The highest BCUT2D eigenvalue weighted by Crippen LogP contribution is 2.34. The first-order valence-corrected chi connectivity index (χ1v) is 6.71. The second kappa shape index (κ2) is 5.80. The molecule has 1 aromatic rings. The van der Waals surface area contributed by atoms with Gasteiger partial charge in [0.25, 0.3) is 0 Å². The number of hydrogen-bond donors (Lipinski definition) is 2. The lowest BCUT2D eigenvalue weighted by Crippen LogP contribution is -2.39. The van der Waals surface area contributed by atoms with Crippen LogP contribution in [0.5, 0.6) is 5.75 Å². The molecule has 0 saturated heterocycles. The number of ether oxygens (including phenoxy) is 1. The molecule has 0 heterocycles. The van der Waals surface area contributed by atoms with E-state index in [1.807, 2.05) is 12.1 Å². The first-order chi connectivity index (χ1) is 9.08. The van der Waals surface area contributed by atoms with Gasteiger partial charge < -0.3 is 15.2 Å². The van der Waals surface area contributed by atoms with E-state index in [0.717, 1.165) is 18.4 Å². The summed E-state index contributed by atoms with van der Waals surface area (Å²) in [4.78, 5) is 11.8. The van der Waals surface area contributed by atoms with E-state index >= 15 is 0 Å². The maximum absolute atomic E-state index is 11.8. The van der Waals surface area contributed by atoms with Gasteiger partial charge in [0, 0.05) is 6.42 Å². The van der Waals surface area contributed by atoms with Crippen molar-refractivity contribution in [1.82, 2.24) is 5.32 Å². The molecule has 0 unspecified atom stereocenters. The van der Waals surface area contributed by atoms with E-state index in [9.17, 15) is 4.79 Å². The Morgan fingerprint density at radius 1 is 1.53 bits per heavy atom. The number of aliphatic hydroxyl groups excluding tert-OH is 1. The fourth-order valence-corrected chi connectivity index (χ4v) is 2.24. The smallest absolute Gasteiger partial charge is 0.220 e. The van der Waals surface area contributed by atoms with E-state index in [-0.39, 0.29) is 18.1 Å². The summed E-state index contributed by atoms with van der Waals surface area (Å²) in [5.74, 6) is 0.602. The number of carbonyl (C=O) groups excluding carboxylic acids is 1. The molecule has 0 bridgehead atoms. The molecule has 1 aliphatic rings. The van der Waals surface area contributed by atoms with Gasteiger partial charge in [0.2, 0.25) is 5.91 Å². The summed E-state index contributed by atoms with van der Waals surface area (Å²) >= 11 is 6.03. The van der Waals surface area contributed by atoms with E-state index in [1.54, 1.807) is 13.2 Å². The molecular formula is C14H18ClNO3. The van der Waals surface area contributed by atoms with Crippen molar-refractivity contribution in [2.75, 3.05) is 13.7 Å². The molecule has 0 radical (unpaired) electrons. The van der Waals surface area contributed by atoms with E-state index in [1.165, 1.54) is 0 Å². The van der Waals surface area contributed by atoms with Gasteiger partial charge in [-0.3, -0.25) is 4.79 Å². The summed E-state index contributed by atoms with van der Waals surface area (Å²) in [6, 6.07) is 5.51. The van der Waals surface area contributed by atoms with Crippen LogP contribution in [-0.2, 0) is 11.2 Å². The Morgan fingerprint density at radius 3 is 2.79 bits per heavy atom. The summed E-state index contributed by atoms with van der Waals surface area (Å²) in [6.45, 7) is 0.0209. The van der Waals surface area contributed by atoms with Gasteiger partial charge in [-0.1, -0.05) is 17.7 Å². The van der Waals surface area contributed by atoms with E-state index in [4.69, 9.17) is 21.4 Å². The Bertz CT molecular complexity index is 472. The van der Waals surface area contributed by atoms with Gasteiger partial charge in [-0.15, -0.1) is 0 Å². The van der Waals surface area contributed by atoms with Crippen LogP contribution in [0.15, 0.2) is 18.2 Å². The fraction of sp³-hybridized carbons (Fsp3) is 0.500. The van der Waals surface area contributed by atoms with Crippen LogP contribution < -0.4 is 10.1 Å². The molecule has 104 valence electrons. The molecule has 0 spiro atoms. The number of benzene rings is 1. The summed E-state index contributed by atoms with van der Waals surface area (Å²) in [5.41, 5.74) is 0.657. The van der Waals surface area contributed by atoms with Gasteiger partial charge in [-0.2, -0.15) is 0 Å². The number of nitrogens with one attached hydrogen (secondary N) is 1. The molecule has 4 nitrogen and oxygen atoms in total. The van der Waals surface area contributed by atoms with Gasteiger partial charge in [-0.25, -0.2) is 0 Å². The molecule has 0 atom stereocenters. The molecule has 1 amide bonds. The van der Waals surface area contributed by atoms with E-state index in [2.05, 4.69) is 5.32 Å².